The van der Waals surface area contributed by atoms with Crippen LogP contribution >= 0.6 is 11.3 Å². The van der Waals surface area contributed by atoms with Crippen LogP contribution in [0.15, 0.2) is 18.3 Å². The highest BCUT2D eigenvalue weighted by Gasteiger charge is 2.14. The molecule has 2 aromatic rings. The average Bonchev–Trinajstić information content (AvgIpc) is 2.69. The summed E-state index contributed by atoms with van der Waals surface area (Å²) in [5.41, 5.74) is 1.08. The normalized spacial score (nSPS) is 10.2. The molecule has 0 saturated heterocycles. The topological polar surface area (TPSA) is 64.1 Å². The third kappa shape index (κ3) is 2.65. The third-order valence-electron chi connectivity index (χ3n) is 2.32. The van der Waals surface area contributed by atoms with Crippen LogP contribution in [-0.4, -0.2) is 23.0 Å². The van der Waals surface area contributed by atoms with Gasteiger partial charge in [-0.1, -0.05) is 0 Å². The van der Waals surface area contributed by atoms with Gasteiger partial charge in [-0.2, -0.15) is 0 Å². The quantitative estimate of drug-likeness (QED) is 0.923. The lowest BCUT2D eigenvalue weighted by Gasteiger charge is -2.04. The van der Waals surface area contributed by atoms with Crippen LogP contribution in [0.3, 0.4) is 0 Å². The molecule has 0 aromatic carbocycles. The summed E-state index contributed by atoms with van der Waals surface area (Å²) in [6, 6.07) is 3.42. The molecular formula is C12H13N3O2S. The maximum absolute atomic E-state index is 12.0. The molecule has 0 saturated carbocycles. The van der Waals surface area contributed by atoms with E-state index in [9.17, 15) is 4.79 Å². The van der Waals surface area contributed by atoms with Gasteiger partial charge in [0, 0.05) is 10.9 Å². The Labute approximate surface area is 109 Å². The summed E-state index contributed by atoms with van der Waals surface area (Å²) in [6.45, 7) is 3.76. The molecule has 0 spiro atoms. The fourth-order valence-corrected chi connectivity index (χ4v) is 2.32. The lowest BCUT2D eigenvalue weighted by Crippen LogP contribution is -2.13. The zero-order chi connectivity index (χ0) is 13.1. The number of nitrogens with zero attached hydrogens (tertiary/aromatic N) is 2. The number of amides is 1. The van der Waals surface area contributed by atoms with E-state index < -0.39 is 0 Å². The second-order valence-corrected chi connectivity index (χ2v) is 5.09. The van der Waals surface area contributed by atoms with Gasteiger partial charge in [-0.15, -0.1) is 11.3 Å². The van der Waals surface area contributed by atoms with E-state index in [1.54, 1.807) is 25.4 Å². The van der Waals surface area contributed by atoms with Gasteiger partial charge in [0.15, 0.2) is 0 Å². The molecule has 0 bridgehead atoms. The van der Waals surface area contributed by atoms with E-state index in [-0.39, 0.29) is 5.91 Å². The summed E-state index contributed by atoms with van der Waals surface area (Å²) in [6.07, 6.45) is 1.55. The van der Waals surface area contributed by atoms with Gasteiger partial charge in [-0.25, -0.2) is 9.97 Å². The molecule has 5 nitrogen and oxygen atoms in total. The van der Waals surface area contributed by atoms with Crippen molar-refractivity contribution in [3.8, 4) is 5.88 Å². The van der Waals surface area contributed by atoms with Crippen LogP contribution in [0.5, 0.6) is 5.88 Å². The largest absolute Gasteiger partial charge is 0.481 e. The van der Waals surface area contributed by atoms with Crippen molar-refractivity contribution >= 4 is 22.9 Å². The highest BCUT2D eigenvalue weighted by molar-refractivity contribution is 7.11. The van der Waals surface area contributed by atoms with Crippen LogP contribution in [-0.2, 0) is 0 Å². The van der Waals surface area contributed by atoms with Crippen molar-refractivity contribution in [1.82, 2.24) is 9.97 Å². The summed E-state index contributed by atoms with van der Waals surface area (Å²) in [5, 5.41) is 3.63. The number of ether oxygens (including phenoxy) is 1. The number of pyridine rings is 1. The van der Waals surface area contributed by atoms with Crippen LogP contribution < -0.4 is 10.1 Å². The SMILES string of the molecule is COc1ccc(NC(=O)c2nc(C)sc2C)cn1. The summed E-state index contributed by atoms with van der Waals surface area (Å²) in [4.78, 5) is 21.1. The Bertz CT molecular complexity index is 563. The molecule has 0 aliphatic heterocycles. The summed E-state index contributed by atoms with van der Waals surface area (Å²) in [5.74, 6) is 0.289. The minimum absolute atomic E-state index is 0.219. The Hall–Kier alpha value is -1.95. The van der Waals surface area contributed by atoms with E-state index >= 15 is 0 Å². The number of carbonyl (C=O) groups is 1. The van der Waals surface area contributed by atoms with Gasteiger partial charge in [-0.3, -0.25) is 4.79 Å². The summed E-state index contributed by atoms with van der Waals surface area (Å²) in [7, 11) is 1.54. The maximum atomic E-state index is 12.0. The van der Waals surface area contributed by atoms with Gasteiger partial charge in [0.25, 0.3) is 5.91 Å². The molecule has 18 heavy (non-hydrogen) atoms. The molecular weight excluding hydrogens is 250 g/mol. The molecule has 0 aliphatic rings. The van der Waals surface area contributed by atoms with Crippen molar-refractivity contribution < 1.29 is 9.53 Å². The molecule has 2 rings (SSSR count). The first-order valence-corrected chi connectivity index (χ1v) is 6.17. The first-order chi connectivity index (χ1) is 8.60. The molecule has 0 aliphatic carbocycles. The van der Waals surface area contributed by atoms with E-state index in [1.807, 2.05) is 13.8 Å². The molecule has 1 N–H and O–H groups in total. The highest BCUT2D eigenvalue weighted by Crippen LogP contribution is 2.18. The van der Waals surface area contributed by atoms with Crippen LogP contribution in [0.1, 0.15) is 20.4 Å². The van der Waals surface area contributed by atoms with Crippen LogP contribution in [0.2, 0.25) is 0 Å². The summed E-state index contributed by atoms with van der Waals surface area (Å²) < 4.78 is 4.95. The lowest BCUT2D eigenvalue weighted by atomic mass is 10.3. The zero-order valence-corrected chi connectivity index (χ0v) is 11.2. The molecule has 0 atom stereocenters. The molecule has 0 radical (unpaired) electrons. The highest BCUT2D eigenvalue weighted by atomic mass is 32.1. The van der Waals surface area contributed by atoms with Crippen LogP contribution in [0.25, 0.3) is 0 Å². The summed E-state index contributed by atoms with van der Waals surface area (Å²) >= 11 is 1.51. The number of hydrogen-bond acceptors (Lipinski definition) is 5. The smallest absolute Gasteiger partial charge is 0.275 e. The van der Waals surface area contributed by atoms with E-state index in [0.717, 1.165) is 9.88 Å². The Kier molecular flexibility index (Phi) is 3.57. The van der Waals surface area contributed by atoms with Crippen LogP contribution in [0, 0.1) is 13.8 Å². The first-order valence-electron chi connectivity index (χ1n) is 5.35. The Morgan fingerprint density at radius 2 is 2.17 bits per heavy atom. The van der Waals surface area contributed by atoms with Gasteiger partial charge in [0.2, 0.25) is 5.88 Å². The van der Waals surface area contributed by atoms with Crippen LogP contribution in [0.4, 0.5) is 5.69 Å². The second kappa shape index (κ2) is 5.14. The number of anilines is 1. The number of rotatable bonds is 3. The standard InChI is InChI=1S/C12H13N3O2S/c1-7-11(14-8(2)18-7)12(16)15-9-4-5-10(17-3)13-6-9/h4-6H,1-3H3,(H,15,16). The van der Waals surface area contributed by atoms with Crippen molar-refractivity contribution in [2.24, 2.45) is 0 Å². The molecule has 2 heterocycles. The predicted octanol–water partition coefficient (Wildman–Crippen LogP) is 2.42. The van der Waals surface area contributed by atoms with E-state index in [1.165, 1.54) is 11.3 Å². The number of aromatic nitrogens is 2. The van der Waals surface area contributed by atoms with Crippen molar-refractivity contribution in [3.63, 3.8) is 0 Å². The van der Waals surface area contributed by atoms with Crippen molar-refractivity contribution in [3.05, 3.63) is 33.9 Å². The number of carbonyl (C=O) groups excluding carboxylic acids is 1. The molecule has 0 unspecified atom stereocenters. The zero-order valence-electron chi connectivity index (χ0n) is 10.4. The Balaban J connectivity index is 2.13. The van der Waals surface area contributed by atoms with Crippen molar-refractivity contribution in [1.29, 1.82) is 0 Å². The number of methoxy groups -OCH3 is 1. The number of thiazole rings is 1. The predicted molar refractivity (Wildman–Crippen MR) is 70.3 cm³/mol. The number of nitrogens with one attached hydrogen (secondary N) is 1. The molecule has 1 amide bonds. The second-order valence-electron chi connectivity index (χ2n) is 3.68. The third-order valence-corrected chi connectivity index (χ3v) is 3.21. The molecule has 0 fully saturated rings. The van der Waals surface area contributed by atoms with E-state index in [4.69, 9.17) is 4.74 Å². The lowest BCUT2D eigenvalue weighted by molar-refractivity contribution is 0.102. The molecule has 6 heteroatoms. The fraction of sp³-hybridized carbons (Fsp3) is 0.250. The fourth-order valence-electron chi connectivity index (χ4n) is 1.50. The van der Waals surface area contributed by atoms with E-state index in [0.29, 0.717) is 17.3 Å². The van der Waals surface area contributed by atoms with Crippen molar-refractivity contribution in [2.45, 2.75) is 13.8 Å². The monoisotopic (exact) mass is 263 g/mol. The minimum atomic E-state index is -0.219. The molecule has 2 aromatic heterocycles. The van der Waals surface area contributed by atoms with Gasteiger partial charge in [0.1, 0.15) is 5.69 Å². The number of hydrogen-bond donors (Lipinski definition) is 1. The Morgan fingerprint density at radius 3 is 2.67 bits per heavy atom. The maximum Gasteiger partial charge on any atom is 0.275 e. The van der Waals surface area contributed by atoms with Gasteiger partial charge in [-0.05, 0) is 19.9 Å². The average molecular weight is 263 g/mol. The first kappa shape index (κ1) is 12.5. The van der Waals surface area contributed by atoms with Gasteiger partial charge < -0.3 is 10.1 Å². The Morgan fingerprint density at radius 1 is 1.39 bits per heavy atom. The van der Waals surface area contributed by atoms with Gasteiger partial charge in [0.05, 0.1) is 24.0 Å². The van der Waals surface area contributed by atoms with Crippen molar-refractivity contribution in [2.75, 3.05) is 12.4 Å². The number of aryl methyl sites for hydroxylation is 2. The minimum Gasteiger partial charge on any atom is -0.481 e. The molecule has 94 valence electrons. The van der Waals surface area contributed by atoms with Gasteiger partial charge >= 0.3 is 0 Å². The van der Waals surface area contributed by atoms with E-state index in [2.05, 4.69) is 15.3 Å².